The third kappa shape index (κ3) is 4.18. The first-order valence-corrected chi connectivity index (χ1v) is 8.31. The second-order valence-corrected chi connectivity index (χ2v) is 5.43. The maximum Gasteiger partial charge on any atom is 0.329 e. The van der Waals surface area contributed by atoms with Crippen LogP contribution in [0, 0.1) is 10.1 Å². The lowest BCUT2D eigenvalue weighted by Gasteiger charge is -2.36. The Kier molecular flexibility index (Phi) is 7.54. The molecule has 134 valence electrons. The molecule has 24 heavy (non-hydrogen) atoms. The fraction of sp³-hybridized carbons (Fsp3) is 0.688. The third-order valence-electron chi connectivity index (χ3n) is 4.09. The Morgan fingerprint density at radius 3 is 2.33 bits per heavy atom. The minimum absolute atomic E-state index is 0.0626. The normalized spacial score (nSPS) is 12.1. The molecule has 1 atom stereocenters. The van der Waals surface area contributed by atoms with E-state index < -0.39 is 16.9 Å². The molecule has 0 aliphatic rings. The molecule has 8 heteroatoms. The Morgan fingerprint density at radius 1 is 1.29 bits per heavy atom. The SMILES string of the molecule is CCc1ncc([N+](=O)[O-])c(N(C(CC)CC)C(CC)C(=O)OC)n1. The molecule has 0 aliphatic heterocycles. The van der Waals surface area contributed by atoms with E-state index in [4.69, 9.17) is 4.74 Å². The highest BCUT2D eigenvalue weighted by Crippen LogP contribution is 2.31. The van der Waals surface area contributed by atoms with E-state index in [1.807, 2.05) is 27.7 Å². The van der Waals surface area contributed by atoms with Crippen molar-refractivity contribution >= 4 is 17.5 Å². The van der Waals surface area contributed by atoms with Crippen LogP contribution in [0.5, 0.6) is 0 Å². The fourth-order valence-electron chi connectivity index (χ4n) is 2.76. The van der Waals surface area contributed by atoms with Crippen LogP contribution in [0.15, 0.2) is 6.20 Å². The molecule has 1 rings (SSSR count). The number of aryl methyl sites for hydroxylation is 1. The number of aromatic nitrogens is 2. The van der Waals surface area contributed by atoms with Crippen molar-refractivity contribution in [2.45, 2.75) is 65.5 Å². The van der Waals surface area contributed by atoms with E-state index in [0.29, 0.717) is 18.7 Å². The molecule has 1 heterocycles. The molecular weight excluding hydrogens is 312 g/mol. The molecule has 0 N–H and O–H groups in total. The van der Waals surface area contributed by atoms with E-state index >= 15 is 0 Å². The summed E-state index contributed by atoms with van der Waals surface area (Å²) in [5.74, 6) is 0.277. The Balaban J connectivity index is 3.58. The molecule has 0 bridgehead atoms. The molecule has 0 spiro atoms. The number of hydrogen-bond acceptors (Lipinski definition) is 7. The van der Waals surface area contributed by atoms with E-state index in [2.05, 4.69) is 9.97 Å². The summed E-state index contributed by atoms with van der Waals surface area (Å²) >= 11 is 0. The number of hydrogen-bond donors (Lipinski definition) is 0. The van der Waals surface area contributed by atoms with Crippen LogP contribution in [0.25, 0.3) is 0 Å². The fourth-order valence-corrected chi connectivity index (χ4v) is 2.76. The summed E-state index contributed by atoms with van der Waals surface area (Å²) in [7, 11) is 1.32. The first-order chi connectivity index (χ1) is 11.4. The standard InChI is InChI=1S/C16H26N4O4/c1-6-11(7-2)19(12(8-3)16(21)24-5)15-13(20(22)23)10-17-14(9-4)18-15/h10-12H,6-9H2,1-5H3. The maximum atomic E-state index is 12.3. The molecule has 0 aromatic carbocycles. The molecule has 0 amide bonds. The number of nitro groups is 1. The van der Waals surface area contributed by atoms with Crippen molar-refractivity contribution in [2.75, 3.05) is 12.0 Å². The number of rotatable bonds is 9. The highest BCUT2D eigenvalue weighted by molar-refractivity contribution is 5.81. The van der Waals surface area contributed by atoms with Gasteiger partial charge in [-0.2, -0.15) is 0 Å². The molecule has 8 nitrogen and oxygen atoms in total. The van der Waals surface area contributed by atoms with Gasteiger partial charge in [0.15, 0.2) is 0 Å². The van der Waals surface area contributed by atoms with Crippen LogP contribution in [0.1, 0.15) is 52.8 Å². The molecule has 1 aromatic rings. The number of carbonyl (C=O) groups is 1. The van der Waals surface area contributed by atoms with Crippen molar-refractivity contribution in [1.82, 2.24) is 9.97 Å². The van der Waals surface area contributed by atoms with E-state index in [0.717, 1.165) is 12.8 Å². The zero-order valence-corrected chi connectivity index (χ0v) is 15.0. The summed E-state index contributed by atoms with van der Waals surface area (Å²) < 4.78 is 4.91. The second kappa shape index (κ2) is 9.14. The van der Waals surface area contributed by atoms with E-state index in [1.54, 1.807) is 4.90 Å². The molecule has 1 unspecified atom stereocenters. The van der Waals surface area contributed by atoms with Crippen molar-refractivity contribution in [1.29, 1.82) is 0 Å². The van der Waals surface area contributed by atoms with Crippen LogP contribution in [-0.2, 0) is 16.0 Å². The average Bonchev–Trinajstić information content (AvgIpc) is 2.60. The quantitative estimate of drug-likeness (QED) is 0.388. The lowest BCUT2D eigenvalue weighted by molar-refractivity contribution is -0.384. The highest BCUT2D eigenvalue weighted by atomic mass is 16.6. The predicted molar refractivity (Wildman–Crippen MR) is 91.0 cm³/mol. The molecule has 0 fully saturated rings. The summed E-state index contributed by atoms with van der Waals surface area (Å²) in [4.78, 5) is 33.4. The van der Waals surface area contributed by atoms with Crippen molar-refractivity contribution in [3.63, 3.8) is 0 Å². The van der Waals surface area contributed by atoms with Gasteiger partial charge < -0.3 is 9.64 Å². The minimum Gasteiger partial charge on any atom is -0.467 e. The van der Waals surface area contributed by atoms with Gasteiger partial charge in [-0.25, -0.2) is 14.8 Å². The van der Waals surface area contributed by atoms with Gasteiger partial charge in [-0.1, -0.05) is 27.7 Å². The first kappa shape index (κ1) is 19.8. The van der Waals surface area contributed by atoms with Gasteiger partial charge in [-0.3, -0.25) is 10.1 Å². The Labute approximate surface area is 142 Å². The van der Waals surface area contributed by atoms with E-state index in [9.17, 15) is 14.9 Å². The topological polar surface area (TPSA) is 98.5 Å². The number of ether oxygens (including phenoxy) is 1. The lowest BCUT2D eigenvalue weighted by atomic mass is 10.0. The van der Waals surface area contributed by atoms with Gasteiger partial charge in [0, 0.05) is 12.5 Å². The number of nitrogens with zero attached hydrogens (tertiary/aromatic N) is 4. The van der Waals surface area contributed by atoms with Gasteiger partial charge in [-0.15, -0.1) is 0 Å². The van der Waals surface area contributed by atoms with Crippen molar-refractivity contribution < 1.29 is 14.5 Å². The third-order valence-corrected chi connectivity index (χ3v) is 4.09. The van der Waals surface area contributed by atoms with Crippen LogP contribution in [0.2, 0.25) is 0 Å². The average molecular weight is 338 g/mol. The predicted octanol–water partition coefficient (Wildman–Crippen LogP) is 2.89. The van der Waals surface area contributed by atoms with Gasteiger partial charge in [0.1, 0.15) is 18.1 Å². The Bertz CT molecular complexity index is 575. The summed E-state index contributed by atoms with van der Waals surface area (Å²) in [6, 6.07) is -0.689. The smallest absolute Gasteiger partial charge is 0.329 e. The van der Waals surface area contributed by atoms with Crippen molar-refractivity contribution in [2.24, 2.45) is 0 Å². The van der Waals surface area contributed by atoms with Gasteiger partial charge in [-0.05, 0) is 19.3 Å². The van der Waals surface area contributed by atoms with Gasteiger partial charge in [0.2, 0.25) is 5.82 Å². The minimum atomic E-state index is -0.627. The van der Waals surface area contributed by atoms with E-state index in [1.165, 1.54) is 13.3 Å². The first-order valence-electron chi connectivity index (χ1n) is 8.31. The van der Waals surface area contributed by atoms with Crippen LogP contribution in [0.3, 0.4) is 0 Å². The van der Waals surface area contributed by atoms with Crippen LogP contribution >= 0.6 is 0 Å². The number of anilines is 1. The lowest BCUT2D eigenvalue weighted by Crippen LogP contribution is -2.48. The number of carbonyl (C=O) groups excluding carboxylic acids is 1. The number of esters is 1. The summed E-state index contributed by atoms with van der Waals surface area (Å²) in [5.41, 5.74) is -0.193. The molecule has 1 aromatic heterocycles. The molecule has 0 saturated heterocycles. The molecule has 0 radical (unpaired) electrons. The van der Waals surface area contributed by atoms with Gasteiger partial charge in [0.05, 0.1) is 12.0 Å². The summed E-state index contributed by atoms with van der Waals surface area (Å²) in [5, 5.41) is 11.5. The Hall–Kier alpha value is -2.25. The second-order valence-electron chi connectivity index (χ2n) is 5.43. The largest absolute Gasteiger partial charge is 0.467 e. The molecule has 0 saturated carbocycles. The van der Waals surface area contributed by atoms with Gasteiger partial charge in [0.25, 0.3) is 0 Å². The highest BCUT2D eigenvalue weighted by Gasteiger charge is 2.35. The molecular formula is C16H26N4O4. The zero-order valence-electron chi connectivity index (χ0n) is 15.0. The van der Waals surface area contributed by atoms with Crippen LogP contribution in [-0.4, -0.2) is 40.1 Å². The van der Waals surface area contributed by atoms with Crippen molar-refractivity contribution in [3.8, 4) is 0 Å². The summed E-state index contributed by atoms with van der Waals surface area (Å²) in [6.07, 6.45) is 3.70. The number of methoxy groups -OCH3 is 1. The monoisotopic (exact) mass is 338 g/mol. The van der Waals surface area contributed by atoms with Crippen molar-refractivity contribution in [3.05, 3.63) is 22.1 Å². The van der Waals surface area contributed by atoms with Crippen LogP contribution < -0.4 is 4.90 Å². The van der Waals surface area contributed by atoms with Crippen LogP contribution in [0.4, 0.5) is 11.5 Å². The van der Waals surface area contributed by atoms with E-state index in [-0.39, 0.29) is 17.5 Å². The Morgan fingerprint density at radius 2 is 1.92 bits per heavy atom. The maximum absolute atomic E-state index is 12.3. The summed E-state index contributed by atoms with van der Waals surface area (Å²) in [6.45, 7) is 7.70. The molecule has 0 aliphatic carbocycles. The van der Waals surface area contributed by atoms with Gasteiger partial charge >= 0.3 is 11.7 Å². The zero-order chi connectivity index (χ0) is 18.3.